The summed E-state index contributed by atoms with van der Waals surface area (Å²) in [6.07, 6.45) is 0. The van der Waals surface area contributed by atoms with Gasteiger partial charge in [-0.1, -0.05) is 18.2 Å². The highest BCUT2D eigenvalue weighted by Crippen LogP contribution is 2.25. The van der Waals surface area contributed by atoms with Crippen molar-refractivity contribution in [2.75, 3.05) is 30.6 Å². The quantitative estimate of drug-likeness (QED) is 0.515. The van der Waals surface area contributed by atoms with E-state index in [0.717, 1.165) is 4.90 Å². The van der Waals surface area contributed by atoms with Gasteiger partial charge in [-0.25, -0.2) is 0 Å². The van der Waals surface area contributed by atoms with Gasteiger partial charge in [-0.2, -0.15) is 0 Å². The minimum atomic E-state index is -0.217. The van der Waals surface area contributed by atoms with Crippen LogP contribution in [0.25, 0.3) is 0 Å². The van der Waals surface area contributed by atoms with Gasteiger partial charge in [0.15, 0.2) is 0 Å². The molecule has 0 saturated carbocycles. The van der Waals surface area contributed by atoms with Crippen LogP contribution < -0.4 is 20.1 Å². The minimum absolute atomic E-state index is 0.125. The van der Waals surface area contributed by atoms with Crippen molar-refractivity contribution in [3.05, 3.63) is 78.4 Å². The zero-order valence-corrected chi connectivity index (χ0v) is 17.5. The normalized spacial score (nSPS) is 10.2. The monoisotopic (exact) mass is 422 g/mol. The largest absolute Gasteiger partial charge is 0.497 e. The molecule has 3 rings (SSSR count). The van der Waals surface area contributed by atoms with Crippen molar-refractivity contribution in [2.45, 2.75) is 4.90 Å². The fraction of sp³-hybridized carbons (Fsp3) is 0.130. The second-order valence-corrected chi connectivity index (χ2v) is 7.30. The van der Waals surface area contributed by atoms with Crippen molar-refractivity contribution in [3.8, 4) is 11.5 Å². The van der Waals surface area contributed by atoms with E-state index in [1.165, 1.54) is 11.8 Å². The van der Waals surface area contributed by atoms with E-state index < -0.39 is 0 Å². The number of hydrogen-bond donors (Lipinski definition) is 2. The van der Waals surface area contributed by atoms with Crippen molar-refractivity contribution in [2.24, 2.45) is 0 Å². The fourth-order valence-electron chi connectivity index (χ4n) is 2.69. The summed E-state index contributed by atoms with van der Waals surface area (Å²) in [6, 6.07) is 21.6. The number of amides is 2. The molecule has 0 aliphatic rings. The minimum Gasteiger partial charge on any atom is -0.497 e. The van der Waals surface area contributed by atoms with Gasteiger partial charge in [0.25, 0.3) is 5.91 Å². The van der Waals surface area contributed by atoms with Gasteiger partial charge < -0.3 is 20.1 Å². The Labute approximate surface area is 179 Å². The summed E-state index contributed by atoms with van der Waals surface area (Å²) in [5.74, 6) is 1.16. The maximum atomic E-state index is 12.4. The van der Waals surface area contributed by atoms with Gasteiger partial charge in [0.05, 0.1) is 25.7 Å². The summed E-state index contributed by atoms with van der Waals surface area (Å²) >= 11 is 1.41. The van der Waals surface area contributed by atoms with Crippen molar-refractivity contribution in [1.82, 2.24) is 0 Å². The third-order valence-corrected chi connectivity index (χ3v) is 5.21. The fourth-order valence-corrected chi connectivity index (χ4v) is 3.38. The van der Waals surface area contributed by atoms with E-state index in [4.69, 9.17) is 9.47 Å². The van der Waals surface area contributed by atoms with Gasteiger partial charge in [0.1, 0.15) is 11.5 Å². The molecule has 0 aliphatic heterocycles. The van der Waals surface area contributed by atoms with E-state index in [2.05, 4.69) is 10.6 Å². The number of ether oxygens (including phenoxy) is 2. The molecule has 0 radical (unpaired) electrons. The SMILES string of the molecule is COc1cccc(C(=O)Nc2ccc(SCC(=O)Nc3ccccc3OC)cc2)c1. The molecule has 0 aliphatic carbocycles. The van der Waals surface area contributed by atoms with E-state index >= 15 is 0 Å². The number of anilines is 2. The number of thioether (sulfide) groups is 1. The van der Waals surface area contributed by atoms with E-state index in [0.29, 0.717) is 28.4 Å². The number of nitrogens with one attached hydrogen (secondary N) is 2. The molecule has 0 aromatic heterocycles. The number of carbonyl (C=O) groups excluding carboxylic acids is 2. The molecule has 0 unspecified atom stereocenters. The van der Waals surface area contributed by atoms with E-state index in [9.17, 15) is 9.59 Å². The molecule has 7 heteroatoms. The molecular formula is C23H22N2O4S. The molecule has 154 valence electrons. The van der Waals surface area contributed by atoms with Crippen LogP contribution in [0.4, 0.5) is 11.4 Å². The lowest BCUT2D eigenvalue weighted by Gasteiger charge is -2.10. The molecular weight excluding hydrogens is 400 g/mol. The van der Waals surface area contributed by atoms with Crippen LogP contribution in [0.2, 0.25) is 0 Å². The van der Waals surface area contributed by atoms with Crippen LogP contribution >= 0.6 is 11.8 Å². The Morgan fingerprint density at radius 2 is 1.63 bits per heavy atom. The second-order valence-electron chi connectivity index (χ2n) is 6.25. The number of benzene rings is 3. The number of carbonyl (C=O) groups is 2. The number of hydrogen-bond acceptors (Lipinski definition) is 5. The Balaban J connectivity index is 1.53. The zero-order chi connectivity index (χ0) is 21.3. The van der Waals surface area contributed by atoms with Crippen molar-refractivity contribution < 1.29 is 19.1 Å². The molecule has 3 aromatic carbocycles. The van der Waals surface area contributed by atoms with E-state index in [1.54, 1.807) is 62.8 Å². The lowest BCUT2D eigenvalue weighted by Crippen LogP contribution is -2.14. The van der Waals surface area contributed by atoms with Crippen LogP contribution in [0.5, 0.6) is 11.5 Å². The first kappa shape index (κ1) is 21.3. The van der Waals surface area contributed by atoms with E-state index in [-0.39, 0.29) is 17.6 Å². The first-order valence-electron chi connectivity index (χ1n) is 9.20. The van der Waals surface area contributed by atoms with Crippen molar-refractivity contribution in [3.63, 3.8) is 0 Å². The van der Waals surface area contributed by atoms with Gasteiger partial charge in [0, 0.05) is 16.1 Å². The van der Waals surface area contributed by atoms with Gasteiger partial charge >= 0.3 is 0 Å². The highest BCUT2D eigenvalue weighted by Gasteiger charge is 2.09. The summed E-state index contributed by atoms with van der Waals surface area (Å²) < 4.78 is 10.4. The van der Waals surface area contributed by atoms with Crippen LogP contribution in [-0.4, -0.2) is 31.8 Å². The Kier molecular flexibility index (Phi) is 7.34. The molecule has 0 fully saturated rings. The lowest BCUT2D eigenvalue weighted by atomic mass is 10.2. The summed E-state index contributed by atoms with van der Waals surface area (Å²) in [5.41, 5.74) is 1.83. The number of methoxy groups -OCH3 is 2. The molecule has 6 nitrogen and oxygen atoms in total. The lowest BCUT2D eigenvalue weighted by molar-refractivity contribution is -0.113. The highest BCUT2D eigenvalue weighted by molar-refractivity contribution is 8.00. The van der Waals surface area contributed by atoms with E-state index in [1.807, 2.05) is 24.3 Å². The van der Waals surface area contributed by atoms with Crippen molar-refractivity contribution >= 4 is 35.0 Å². The summed E-state index contributed by atoms with van der Waals surface area (Å²) in [4.78, 5) is 25.5. The average molecular weight is 423 g/mol. The third kappa shape index (κ3) is 5.78. The van der Waals surface area contributed by atoms with Crippen LogP contribution in [0.3, 0.4) is 0 Å². The van der Waals surface area contributed by atoms with Gasteiger partial charge in [-0.05, 0) is 54.6 Å². The number of para-hydroxylation sites is 2. The zero-order valence-electron chi connectivity index (χ0n) is 16.7. The Morgan fingerprint density at radius 3 is 2.37 bits per heavy atom. The molecule has 3 aromatic rings. The predicted molar refractivity (Wildman–Crippen MR) is 120 cm³/mol. The maximum Gasteiger partial charge on any atom is 0.255 e. The third-order valence-electron chi connectivity index (χ3n) is 4.20. The van der Waals surface area contributed by atoms with Crippen LogP contribution in [0.1, 0.15) is 10.4 Å². The molecule has 0 spiro atoms. The van der Waals surface area contributed by atoms with Crippen molar-refractivity contribution in [1.29, 1.82) is 0 Å². The number of rotatable bonds is 8. The average Bonchev–Trinajstić information content (AvgIpc) is 2.79. The first-order chi connectivity index (χ1) is 14.6. The Hall–Kier alpha value is -3.45. The van der Waals surface area contributed by atoms with Crippen LogP contribution in [-0.2, 0) is 4.79 Å². The molecule has 0 saturated heterocycles. The second kappa shape index (κ2) is 10.4. The van der Waals surface area contributed by atoms with Gasteiger partial charge in [-0.15, -0.1) is 11.8 Å². The summed E-state index contributed by atoms with van der Waals surface area (Å²) in [6.45, 7) is 0. The first-order valence-corrected chi connectivity index (χ1v) is 10.2. The topological polar surface area (TPSA) is 76.7 Å². The summed E-state index contributed by atoms with van der Waals surface area (Å²) in [5, 5.41) is 5.69. The Morgan fingerprint density at radius 1 is 0.867 bits per heavy atom. The molecule has 2 amide bonds. The smallest absolute Gasteiger partial charge is 0.255 e. The van der Waals surface area contributed by atoms with Gasteiger partial charge in [0.2, 0.25) is 5.91 Å². The molecule has 0 bridgehead atoms. The van der Waals surface area contributed by atoms with Crippen LogP contribution in [0.15, 0.2) is 77.7 Å². The molecule has 30 heavy (non-hydrogen) atoms. The Bertz CT molecular complexity index is 1020. The standard InChI is InChI=1S/C23H22N2O4S/c1-28-18-7-5-6-16(14-18)23(27)24-17-10-12-19(13-11-17)30-15-22(26)25-20-8-3-4-9-21(20)29-2/h3-14H,15H2,1-2H3,(H,24,27)(H,25,26). The summed E-state index contributed by atoms with van der Waals surface area (Å²) in [7, 11) is 3.12. The highest BCUT2D eigenvalue weighted by atomic mass is 32.2. The maximum absolute atomic E-state index is 12.4. The molecule has 0 heterocycles. The molecule has 0 atom stereocenters. The predicted octanol–water partition coefficient (Wildman–Crippen LogP) is 4.69. The van der Waals surface area contributed by atoms with Gasteiger partial charge in [-0.3, -0.25) is 9.59 Å². The van der Waals surface area contributed by atoms with Crippen LogP contribution in [0, 0.1) is 0 Å². The molecule has 2 N–H and O–H groups in total.